The van der Waals surface area contributed by atoms with E-state index in [1.165, 1.54) is 5.56 Å². The fraction of sp³-hybridized carbons (Fsp3) is 0.464. The van der Waals surface area contributed by atoms with Crippen LogP contribution in [0.25, 0.3) is 22.2 Å². The third kappa shape index (κ3) is 4.31. The number of nitrogens with one attached hydrogen (secondary N) is 1. The molecule has 3 aromatic rings. The van der Waals surface area contributed by atoms with E-state index >= 15 is 0 Å². The smallest absolute Gasteiger partial charge is 0.407 e. The largest absolute Gasteiger partial charge is 0.465 e. The van der Waals surface area contributed by atoms with Crippen LogP contribution in [0.1, 0.15) is 48.1 Å². The van der Waals surface area contributed by atoms with Crippen LogP contribution < -0.4 is 0 Å². The van der Waals surface area contributed by atoms with Crippen molar-refractivity contribution in [1.29, 1.82) is 0 Å². The zero-order valence-electron chi connectivity index (χ0n) is 21.4. The Morgan fingerprint density at radius 1 is 1.14 bits per heavy atom. The number of pyridine rings is 1. The number of carbonyl (C=O) groups excluding carboxylic acids is 1. The van der Waals surface area contributed by atoms with Crippen LogP contribution in [0.3, 0.4) is 0 Å². The van der Waals surface area contributed by atoms with Gasteiger partial charge in [0.1, 0.15) is 5.65 Å². The number of urea groups is 1. The molecule has 2 fully saturated rings. The lowest BCUT2D eigenvalue weighted by Gasteiger charge is -2.38. The normalized spacial score (nSPS) is 21.9. The van der Waals surface area contributed by atoms with Gasteiger partial charge in [0.15, 0.2) is 0 Å². The number of carboxylic acid groups (broad SMARTS) is 1. The molecular formula is C28H33N5O4. The first-order valence-electron chi connectivity index (χ1n) is 13.1. The number of carbonyl (C=O) groups is 2. The summed E-state index contributed by atoms with van der Waals surface area (Å²) in [6.45, 7) is 7.47. The predicted octanol–water partition coefficient (Wildman–Crippen LogP) is 4.55. The van der Waals surface area contributed by atoms with Crippen LogP contribution in [0.2, 0.25) is 0 Å². The van der Waals surface area contributed by atoms with Gasteiger partial charge in [-0.15, -0.1) is 0 Å². The van der Waals surface area contributed by atoms with Crippen LogP contribution in [0.15, 0.2) is 30.6 Å². The van der Waals surface area contributed by atoms with Crippen molar-refractivity contribution in [2.45, 2.75) is 51.8 Å². The molecule has 5 heterocycles. The maximum Gasteiger partial charge on any atom is 0.407 e. The van der Waals surface area contributed by atoms with E-state index in [1.807, 2.05) is 29.1 Å². The lowest BCUT2D eigenvalue weighted by Crippen LogP contribution is -2.51. The molecule has 0 aliphatic carbocycles. The first-order chi connectivity index (χ1) is 17.9. The molecule has 2 aromatic heterocycles. The Morgan fingerprint density at radius 2 is 2.00 bits per heavy atom. The van der Waals surface area contributed by atoms with Crippen molar-refractivity contribution in [1.82, 2.24) is 24.7 Å². The van der Waals surface area contributed by atoms with Gasteiger partial charge in [0.2, 0.25) is 0 Å². The van der Waals surface area contributed by atoms with Crippen molar-refractivity contribution in [3.05, 3.63) is 52.8 Å². The molecule has 3 amide bonds. The number of hydrogen-bond donors (Lipinski definition) is 2. The van der Waals surface area contributed by atoms with Crippen molar-refractivity contribution in [3.63, 3.8) is 0 Å². The van der Waals surface area contributed by atoms with Crippen LogP contribution in [0.5, 0.6) is 0 Å². The fourth-order valence-corrected chi connectivity index (χ4v) is 6.13. The predicted molar refractivity (Wildman–Crippen MR) is 139 cm³/mol. The molecule has 2 saturated heterocycles. The van der Waals surface area contributed by atoms with Crippen molar-refractivity contribution in [3.8, 4) is 11.1 Å². The van der Waals surface area contributed by atoms with E-state index in [0.29, 0.717) is 39.3 Å². The molecule has 2 N–H and O–H groups in total. The molecule has 3 aliphatic heterocycles. The number of amides is 3. The second kappa shape index (κ2) is 9.37. The average molecular weight is 504 g/mol. The van der Waals surface area contributed by atoms with Gasteiger partial charge in [-0.2, -0.15) is 0 Å². The quantitative estimate of drug-likeness (QED) is 0.534. The van der Waals surface area contributed by atoms with E-state index in [0.717, 1.165) is 58.1 Å². The number of rotatable bonds is 2. The van der Waals surface area contributed by atoms with Crippen molar-refractivity contribution in [2.75, 3.05) is 32.8 Å². The first-order valence-corrected chi connectivity index (χ1v) is 13.1. The molecule has 6 rings (SSSR count). The maximum atomic E-state index is 13.4. The molecule has 0 bridgehead atoms. The Morgan fingerprint density at radius 3 is 2.81 bits per heavy atom. The van der Waals surface area contributed by atoms with E-state index < -0.39 is 6.09 Å². The molecule has 37 heavy (non-hydrogen) atoms. The van der Waals surface area contributed by atoms with E-state index in [1.54, 1.807) is 4.90 Å². The number of fused-ring (bicyclic) bond motifs is 2. The van der Waals surface area contributed by atoms with Crippen molar-refractivity contribution in [2.24, 2.45) is 0 Å². The van der Waals surface area contributed by atoms with Gasteiger partial charge in [-0.1, -0.05) is 6.07 Å². The average Bonchev–Trinajstić information content (AvgIpc) is 3.54. The van der Waals surface area contributed by atoms with Gasteiger partial charge >= 0.3 is 12.1 Å². The van der Waals surface area contributed by atoms with E-state index in [9.17, 15) is 14.7 Å². The first kappa shape index (κ1) is 23.8. The number of morpholine rings is 1. The molecule has 9 nitrogen and oxygen atoms in total. The number of benzene rings is 1. The summed E-state index contributed by atoms with van der Waals surface area (Å²) in [6, 6.07) is 6.33. The highest BCUT2D eigenvalue weighted by molar-refractivity contribution is 5.85. The Balaban J connectivity index is 1.40. The van der Waals surface area contributed by atoms with Gasteiger partial charge in [-0.3, -0.25) is 0 Å². The maximum absolute atomic E-state index is 13.4. The molecule has 0 saturated carbocycles. The van der Waals surface area contributed by atoms with Crippen LogP contribution in [-0.4, -0.2) is 80.8 Å². The second-order valence-corrected chi connectivity index (χ2v) is 10.5. The van der Waals surface area contributed by atoms with Gasteiger partial charge in [-0.25, -0.2) is 14.6 Å². The minimum atomic E-state index is -0.890. The summed E-state index contributed by atoms with van der Waals surface area (Å²) in [7, 11) is 0. The summed E-state index contributed by atoms with van der Waals surface area (Å²) in [5, 5.41) is 11.0. The number of nitrogens with zero attached hydrogens (tertiary/aromatic N) is 4. The lowest BCUT2D eigenvalue weighted by atomic mass is 9.87. The van der Waals surface area contributed by atoms with Crippen LogP contribution in [-0.2, 0) is 17.7 Å². The van der Waals surface area contributed by atoms with Crippen molar-refractivity contribution >= 4 is 23.2 Å². The molecule has 0 radical (unpaired) electrons. The molecular weight excluding hydrogens is 470 g/mol. The number of aromatic nitrogens is 2. The topological polar surface area (TPSA) is 102 Å². The van der Waals surface area contributed by atoms with E-state index in [-0.39, 0.29) is 18.2 Å². The Kier molecular flexibility index (Phi) is 6.03. The number of H-pyrrole nitrogens is 1. The molecule has 9 heteroatoms. The Hall–Kier alpha value is -3.59. The van der Waals surface area contributed by atoms with Gasteiger partial charge in [0.25, 0.3) is 0 Å². The SMILES string of the molecule is Cc1c[nH]c2ncc(-c3cc4c(c([C@@H]5CCCN5C(=O)O)c3)CN(C(=O)N3CCO[C@@H](C)C3)CC4)cc12. The highest BCUT2D eigenvalue weighted by Gasteiger charge is 2.35. The van der Waals surface area contributed by atoms with Gasteiger partial charge in [-0.05, 0) is 73.1 Å². The van der Waals surface area contributed by atoms with Gasteiger partial charge in [0, 0.05) is 56.1 Å². The molecule has 0 unspecified atom stereocenters. The Labute approximate surface area is 216 Å². The van der Waals surface area contributed by atoms with E-state index in [2.05, 4.69) is 35.1 Å². The van der Waals surface area contributed by atoms with Crippen LogP contribution >= 0.6 is 0 Å². The van der Waals surface area contributed by atoms with Crippen LogP contribution in [0, 0.1) is 6.92 Å². The van der Waals surface area contributed by atoms with Gasteiger partial charge < -0.3 is 29.5 Å². The minimum Gasteiger partial charge on any atom is -0.465 e. The lowest BCUT2D eigenvalue weighted by molar-refractivity contribution is -0.00975. The monoisotopic (exact) mass is 503 g/mol. The number of ether oxygens (including phenoxy) is 1. The zero-order valence-corrected chi connectivity index (χ0v) is 21.4. The van der Waals surface area contributed by atoms with Crippen LogP contribution in [0.4, 0.5) is 9.59 Å². The molecule has 194 valence electrons. The summed E-state index contributed by atoms with van der Waals surface area (Å²) in [5.41, 5.74) is 7.36. The third-order valence-corrected chi connectivity index (χ3v) is 8.09. The minimum absolute atomic E-state index is 0.0325. The number of likely N-dealkylation sites (tertiary alicyclic amines) is 1. The highest BCUT2D eigenvalue weighted by Crippen LogP contribution is 2.40. The molecule has 2 atom stereocenters. The summed E-state index contributed by atoms with van der Waals surface area (Å²) in [5.74, 6) is 0. The Bertz CT molecular complexity index is 1370. The fourth-order valence-electron chi connectivity index (χ4n) is 6.13. The summed E-state index contributed by atoms with van der Waals surface area (Å²) in [4.78, 5) is 38.7. The highest BCUT2D eigenvalue weighted by atomic mass is 16.5. The van der Waals surface area contributed by atoms with Crippen molar-refractivity contribution < 1.29 is 19.4 Å². The summed E-state index contributed by atoms with van der Waals surface area (Å²) < 4.78 is 5.63. The molecule has 3 aliphatic rings. The molecule has 1 aromatic carbocycles. The standard InChI is InChI=1S/C28H33N5O4/c1-17-13-29-26-22(17)12-21(14-30-26)20-10-19-5-7-31(27(34)32-8-9-37-18(2)15-32)16-24(19)23(11-20)25-4-3-6-33(25)28(35)36/h10-14,18,25H,3-9,15-16H2,1-2H3,(H,29,30)(H,35,36)/t18-,25-/m0/s1. The summed E-state index contributed by atoms with van der Waals surface area (Å²) in [6.07, 6.45) is 5.34. The summed E-state index contributed by atoms with van der Waals surface area (Å²) >= 11 is 0. The molecule has 0 spiro atoms. The second-order valence-electron chi connectivity index (χ2n) is 10.5. The number of aryl methyl sites for hydroxylation is 1. The van der Waals surface area contributed by atoms with Gasteiger partial charge in [0.05, 0.1) is 18.8 Å². The zero-order chi connectivity index (χ0) is 25.7. The van der Waals surface area contributed by atoms with E-state index in [4.69, 9.17) is 4.74 Å². The number of hydrogen-bond acceptors (Lipinski definition) is 4. The number of aromatic amines is 1. The third-order valence-electron chi connectivity index (χ3n) is 8.09.